The van der Waals surface area contributed by atoms with Crippen LogP contribution in [0.3, 0.4) is 0 Å². The Morgan fingerprint density at radius 1 is 0.692 bits per heavy atom. The number of hydrogen-bond donors (Lipinski definition) is 0. The highest BCUT2D eigenvalue weighted by molar-refractivity contribution is 7.20. The summed E-state index contributed by atoms with van der Waals surface area (Å²) < 4.78 is 1.45. The minimum absolute atomic E-state index is 0.543. The van der Waals surface area contributed by atoms with Crippen molar-refractivity contribution < 1.29 is 0 Å². The highest BCUT2D eigenvalue weighted by Gasteiger charge is 2.52. The molecule has 5 aromatic rings. The maximum atomic E-state index is 2.55. The van der Waals surface area contributed by atoms with E-state index < -0.39 is 8.07 Å². The van der Waals surface area contributed by atoms with Gasteiger partial charge in [-0.15, -0.1) is 11.3 Å². The van der Waals surface area contributed by atoms with Crippen LogP contribution >= 0.6 is 11.3 Å². The van der Waals surface area contributed by atoms with Gasteiger partial charge in [0.25, 0.3) is 0 Å². The molecular formula is C37H36SSi. The molecule has 1 heterocycles. The van der Waals surface area contributed by atoms with Crippen LogP contribution in [0.1, 0.15) is 67.3 Å². The predicted molar refractivity (Wildman–Crippen MR) is 175 cm³/mol. The first-order chi connectivity index (χ1) is 19.0. The van der Waals surface area contributed by atoms with Crippen molar-refractivity contribution in [2.45, 2.75) is 57.8 Å². The van der Waals surface area contributed by atoms with Crippen LogP contribution in [0, 0.1) is 0 Å². The monoisotopic (exact) mass is 540 g/mol. The largest absolute Gasteiger partial charge is 0.139 e. The molecule has 2 atom stereocenters. The van der Waals surface area contributed by atoms with E-state index in [0.717, 1.165) is 0 Å². The van der Waals surface area contributed by atoms with Gasteiger partial charge in [-0.2, -0.15) is 0 Å². The van der Waals surface area contributed by atoms with Crippen molar-refractivity contribution in [1.82, 2.24) is 0 Å². The van der Waals surface area contributed by atoms with E-state index in [1.165, 1.54) is 55.2 Å². The zero-order valence-corrected chi connectivity index (χ0v) is 25.5. The summed E-state index contributed by atoms with van der Waals surface area (Å²) in [4.78, 5) is 1.66. The van der Waals surface area contributed by atoms with Crippen molar-refractivity contribution in [3.05, 3.63) is 118 Å². The van der Waals surface area contributed by atoms with E-state index in [-0.39, 0.29) is 0 Å². The quantitative estimate of drug-likeness (QED) is 0.194. The van der Waals surface area contributed by atoms with Gasteiger partial charge in [-0.25, -0.2) is 0 Å². The fraction of sp³-hybridized carbons (Fsp3) is 0.243. The van der Waals surface area contributed by atoms with Crippen molar-refractivity contribution in [3.8, 4) is 11.1 Å². The van der Waals surface area contributed by atoms with Gasteiger partial charge in [0, 0.05) is 26.0 Å². The second kappa shape index (κ2) is 9.18. The molecule has 2 aliphatic rings. The number of thiophene rings is 1. The van der Waals surface area contributed by atoms with Crippen LogP contribution in [-0.4, -0.2) is 8.07 Å². The lowest BCUT2D eigenvalue weighted by Gasteiger charge is -2.43. The van der Waals surface area contributed by atoms with E-state index in [9.17, 15) is 0 Å². The molecule has 2 heteroatoms. The molecule has 0 N–H and O–H groups in total. The molecule has 0 bridgehead atoms. The third kappa shape index (κ3) is 3.41. The lowest BCUT2D eigenvalue weighted by atomic mass is 9.93. The van der Waals surface area contributed by atoms with Gasteiger partial charge in [-0.3, -0.25) is 0 Å². The molecule has 0 nitrogen and oxygen atoms in total. The lowest BCUT2D eigenvalue weighted by Crippen LogP contribution is -2.47. The van der Waals surface area contributed by atoms with Crippen LogP contribution in [0.15, 0.2) is 96.1 Å². The first-order valence-electron chi connectivity index (χ1n) is 14.5. The van der Waals surface area contributed by atoms with Crippen LogP contribution in [0.4, 0.5) is 0 Å². The molecule has 0 fully saturated rings. The van der Waals surface area contributed by atoms with Gasteiger partial charge < -0.3 is 0 Å². The number of fused-ring (bicyclic) bond motifs is 5. The highest BCUT2D eigenvalue weighted by atomic mass is 32.1. The van der Waals surface area contributed by atoms with Crippen molar-refractivity contribution in [1.29, 1.82) is 0 Å². The molecule has 4 aromatic carbocycles. The summed E-state index contributed by atoms with van der Waals surface area (Å²) in [6.45, 7) is 12.3. The molecule has 0 spiro atoms. The minimum atomic E-state index is -1.90. The van der Waals surface area contributed by atoms with Gasteiger partial charge in [0.2, 0.25) is 0 Å². The van der Waals surface area contributed by atoms with Crippen molar-refractivity contribution >= 4 is 51.9 Å². The van der Waals surface area contributed by atoms with Crippen LogP contribution in [-0.2, 0) is 0 Å². The smallest absolute Gasteiger partial charge is 0.0787 e. The summed E-state index contributed by atoms with van der Waals surface area (Å²) in [6.07, 6.45) is 2.55. The summed E-state index contributed by atoms with van der Waals surface area (Å²) >= 11 is 2.08. The Hall–Kier alpha value is -3.20. The van der Waals surface area contributed by atoms with Gasteiger partial charge >= 0.3 is 0 Å². The second-order valence-electron chi connectivity index (χ2n) is 11.7. The Morgan fingerprint density at radius 3 is 2.15 bits per heavy atom. The molecule has 2 aliphatic carbocycles. The Morgan fingerprint density at radius 2 is 1.36 bits per heavy atom. The predicted octanol–water partition coefficient (Wildman–Crippen LogP) is 11.4. The Labute approximate surface area is 237 Å². The fourth-order valence-electron chi connectivity index (χ4n) is 8.20. The molecule has 2 unspecified atom stereocenters. The first-order valence-corrected chi connectivity index (χ1v) is 17.9. The maximum Gasteiger partial charge on any atom is 0.0787 e. The van der Waals surface area contributed by atoms with Crippen molar-refractivity contribution in [2.24, 2.45) is 0 Å². The Kier molecular flexibility index (Phi) is 5.84. The topological polar surface area (TPSA) is 0 Å². The average Bonchev–Trinajstić information content (AvgIpc) is 3.59. The van der Waals surface area contributed by atoms with Gasteiger partial charge in [-0.1, -0.05) is 122 Å². The number of hydrogen-bond acceptors (Lipinski definition) is 1. The van der Waals surface area contributed by atoms with Crippen LogP contribution in [0.25, 0.3) is 43.6 Å². The van der Waals surface area contributed by atoms with E-state index >= 15 is 0 Å². The molecule has 194 valence electrons. The van der Waals surface area contributed by atoms with Crippen molar-refractivity contribution in [2.75, 3.05) is 0 Å². The van der Waals surface area contributed by atoms with E-state index in [1.807, 2.05) is 0 Å². The van der Waals surface area contributed by atoms with E-state index in [2.05, 4.69) is 137 Å². The number of allylic oxidation sites excluding steroid dienone is 3. The Balaban J connectivity index is 1.44. The summed E-state index contributed by atoms with van der Waals surface area (Å²) in [5.74, 6) is 0. The van der Waals surface area contributed by atoms with Crippen LogP contribution in [0.2, 0.25) is 12.1 Å². The summed E-state index contributed by atoms with van der Waals surface area (Å²) in [5.41, 5.74) is 13.2. The maximum absolute atomic E-state index is 2.55. The van der Waals surface area contributed by atoms with Crippen LogP contribution in [0.5, 0.6) is 0 Å². The summed E-state index contributed by atoms with van der Waals surface area (Å²) in [7, 11) is -1.90. The highest BCUT2D eigenvalue weighted by Crippen LogP contribution is 2.60. The summed E-state index contributed by atoms with van der Waals surface area (Å²) in [6, 6.07) is 34.4. The molecule has 0 saturated carbocycles. The number of benzene rings is 4. The normalized spacial score (nSPS) is 18.6. The molecule has 7 rings (SSSR count). The molecule has 0 saturated heterocycles. The standard InChI is InChI=1S/C37H36SSi/c1-6-39(7-2,37-25(5)24(4)34-31-17-10-11-21-33(31)38-35(34)37)36-23(3)22-32-29(19-13-20-30(32)36)28-18-12-15-26-14-8-9-16-27(26)28/h8-22,36-37H,6-7H2,1-5H3. The average molecular weight is 541 g/mol. The fourth-order valence-corrected chi connectivity index (χ4v) is 16.5. The SMILES string of the molecule is CC[Si](CC)(C1C(C)=Cc2c(-c3cccc4ccccc34)cccc21)C1C(C)=C(C)c2c1sc1ccccc21. The molecule has 0 amide bonds. The lowest BCUT2D eigenvalue weighted by molar-refractivity contribution is 0.923. The van der Waals surface area contributed by atoms with E-state index in [4.69, 9.17) is 0 Å². The Bertz CT molecular complexity index is 1820. The third-order valence-corrected chi connectivity index (χ3v) is 18.0. The van der Waals surface area contributed by atoms with Gasteiger partial charge in [-0.05, 0) is 71.0 Å². The minimum Gasteiger partial charge on any atom is -0.139 e. The molecular weight excluding hydrogens is 505 g/mol. The zero-order chi connectivity index (χ0) is 26.9. The van der Waals surface area contributed by atoms with E-state index in [1.54, 1.807) is 27.2 Å². The zero-order valence-electron chi connectivity index (χ0n) is 23.6. The second-order valence-corrected chi connectivity index (χ2v) is 17.8. The van der Waals surface area contributed by atoms with Crippen LogP contribution < -0.4 is 0 Å². The van der Waals surface area contributed by atoms with E-state index in [0.29, 0.717) is 11.1 Å². The molecule has 1 aromatic heterocycles. The van der Waals surface area contributed by atoms with Gasteiger partial charge in [0.1, 0.15) is 0 Å². The number of rotatable bonds is 5. The summed E-state index contributed by atoms with van der Waals surface area (Å²) in [5, 5.41) is 4.12. The third-order valence-electron chi connectivity index (χ3n) is 10.1. The van der Waals surface area contributed by atoms with Crippen molar-refractivity contribution in [3.63, 3.8) is 0 Å². The van der Waals surface area contributed by atoms with Gasteiger partial charge in [0.05, 0.1) is 8.07 Å². The molecule has 0 radical (unpaired) electrons. The first kappa shape index (κ1) is 24.8. The molecule has 0 aliphatic heterocycles. The molecule has 39 heavy (non-hydrogen) atoms. The van der Waals surface area contributed by atoms with Gasteiger partial charge in [0.15, 0.2) is 0 Å².